The van der Waals surface area contributed by atoms with Gasteiger partial charge in [0.05, 0.1) is 16.7 Å². The number of rotatable bonds is 5. The molecule has 0 amide bonds. The van der Waals surface area contributed by atoms with Gasteiger partial charge in [-0.05, 0) is 100 Å². The van der Waals surface area contributed by atoms with Gasteiger partial charge in [0.15, 0.2) is 5.65 Å². The highest BCUT2D eigenvalue weighted by atomic mass is 16.3. The highest BCUT2D eigenvalue weighted by Gasteiger charge is 2.17. The summed E-state index contributed by atoms with van der Waals surface area (Å²) in [6, 6.07) is 64.4. The Kier molecular flexibility index (Phi) is 6.82. The summed E-state index contributed by atoms with van der Waals surface area (Å²) in [5, 5.41) is 5.73. The minimum atomic E-state index is 0.740. The smallest absolute Gasteiger partial charge is 0.160 e. The van der Waals surface area contributed by atoms with Crippen molar-refractivity contribution in [1.82, 2.24) is 14.5 Å². The lowest BCUT2D eigenvalue weighted by molar-refractivity contribution is 0.669. The van der Waals surface area contributed by atoms with Crippen molar-refractivity contribution in [3.8, 4) is 50.3 Å². The summed E-state index contributed by atoms with van der Waals surface area (Å²) in [5.41, 5.74) is 14.9. The van der Waals surface area contributed by atoms with Gasteiger partial charge in [0, 0.05) is 44.4 Å². The Balaban J connectivity index is 1.02. The van der Waals surface area contributed by atoms with Gasteiger partial charge in [-0.3, -0.25) is 0 Å². The van der Waals surface area contributed by atoms with Crippen LogP contribution in [0.4, 0.5) is 0 Å². The number of para-hydroxylation sites is 2. The SMILES string of the molecule is c1ccc(-c2cc(-c3ccc(-c4cccc5oc6ccc(-c7ccc8c(c7)c7ccccc7n8-c7ccccc7)cc6c45)cc3)c3cccnc3n2)cc1. The van der Waals surface area contributed by atoms with Crippen molar-refractivity contribution < 1.29 is 4.42 Å². The molecule has 0 fully saturated rings. The zero-order valence-electron chi connectivity index (χ0n) is 29.1. The number of furan rings is 1. The molecule has 0 bridgehead atoms. The Morgan fingerprint density at radius 1 is 0.407 bits per heavy atom. The fourth-order valence-electron chi connectivity index (χ4n) is 8.14. The van der Waals surface area contributed by atoms with E-state index in [4.69, 9.17) is 9.40 Å². The second kappa shape index (κ2) is 12.1. The Bertz CT molecular complexity index is 3200. The van der Waals surface area contributed by atoms with Crippen LogP contribution in [-0.2, 0) is 0 Å². The summed E-state index contributed by atoms with van der Waals surface area (Å²) in [4.78, 5) is 9.53. The van der Waals surface area contributed by atoms with E-state index in [0.29, 0.717) is 0 Å². The highest BCUT2D eigenvalue weighted by Crippen LogP contribution is 2.41. The van der Waals surface area contributed by atoms with E-state index in [1.807, 2.05) is 24.3 Å². The van der Waals surface area contributed by atoms with E-state index in [9.17, 15) is 0 Å². The molecule has 4 heteroatoms. The Morgan fingerprint density at radius 2 is 1.07 bits per heavy atom. The quantitative estimate of drug-likeness (QED) is 0.181. The van der Waals surface area contributed by atoms with Crippen molar-refractivity contribution in [3.63, 3.8) is 0 Å². The maximum Gasteiger partial charge on any atom is 0.160 e. The predicted molar refractivity (Wildman–Crippen MR) is 223 cm³/mol. The third kappa shape index (κ3) is 4.85. The van der Waals surface area contributed by atoms with E-state index >= 15 is 0 Å². The summed E-state index contributed by atoms with van der Waals surface area (Å²) in [6.07, 6.45) is 1.81. The van der Waals surface area contributed by atoms with Gasteiger partial charge in [-0.15, -0.1) is 0 Å². The van der Waals surface area contributed by atoms with Crippen molar-refractivity contribution in [2.75, 3.05) is 0 Å². The first-order chi connectivity index (χ1) is 26.8. The standard InChI is InChI=1S/C50H31N3O/c1-3-11-34(12-4-1)44-31-41(40-17-10-28-51-50(40)52-44)33-22-20-32(21-23-33)38-16-9-19-48-49(38)43-30-36(25-27-47(43)54-48)35-24-26-46-42(29-35)39-15-7-8-18-45(39)53(46)37-13-5-2-6-14-37/h1-31H. The number of pyridine rings is 2. The number of benzene rings is 7. The summed E-state index contributed by atoms with van der Waals surface area (Å²) in [6.45, 7) is 0. The van der Waals surface area contributed by atoms with Crippen LogP contribution in [0.2, 0.25) is 0 Å². The van der Waals surface area contributed by atoms with Crippen molar-refractivity contribution in [3.05, 3.63) is 188 Å². The van der Waals surface area contributed by atoms with E-state index < -0.39 is 0 Å². The average molecular weight is 690 g/mol. The third-order valence-electron chi connectivity index (χ3n) is 10.7. The zero-order chi connectivity index (χ0) is 35.6. The molecule has 0 atom stereocenters. The van der Waals surface area contributed by atoms with Crippen LogP contribution in [0.1, 0.15) is 0 Å². The molecule has 4 nitrogen and oxygen atoms in total. The summed E-state index contributed by atoms with van der Waals surface area (Å²) in [7, 11) is 0. The van der Waals surface area contributed by atoms with Gasteiger partial charge >= 0.3 is 0 Å². The molecule has 0 spiro atoms. The summed E-state index contributed by atoms with van der Waals surface area (Å²) in [5.74, 6) is 0. The van der Waals surface area contributed by atoms with Crippen LogP contribution in [0.5, 0.6) is 0 Å². The molecule has 0 unspecified atom stereocenters. The van der Waals surface area contributed by atoms with Gasteiger partial charge in [0.25, 0.3) is 0 Å². The minimum Gasteiger partial charge on any atom is -0.456 e. The van der Waals surface area contributed by atoms with Crippen LogP contribution >= 0.6 is 0 Å². The second-order valence-electron chi connectivity index (χ2n) is 13.8. The van der Waals surface area contributed by atoms with Crippen LogP contribution < -0.4 is 0 Å². The first kappa shape index (κ1) is 30.3. The van der Waals surface area contributed by atoms with Crippen molar-refractivity contribution >= 4 is 54.8 Å². The van der Waals surface area contributed by atoms with Crippen molar-refractivity contribution in [2.24, 2.45) is 0 Å². The molecule has 4 aromatic heterocycles. The van der Waals surface area contributed by atoms with E-state index in [0.717, 1.165) is 77.7 Å². The third-order valence-corrected chi connectivity index (χ3v) is 10.7. The molecule has 0 saturated heterocycles. The van der Waals surface area contributed by atoms with Gasteiger partial charge in [0.1, 0.15) is 11.2 Å². The van der Waals surface area contributed by atoms with Gasteiger partial charge in [-0.2, -0.15) is 0 Å². The minimum absolute atomic E-state index is 0.740. The summed E-state index contributed by atoms with van der Waals surface area (Å²) < 4.78 is 8.82. The molecule has 4 heterocycles. The maximum atomic E-state index is 6.46. The number of hydrogen-bond acceptors (Lipinski definition) is 3. The topological polar surface area (TPSA) is 43.9 Å². The van der Waals surface area contributed by atoms with Crippen LogP contribution in [0.3, 0.4) is 0 Å². The number of nitrogens with zero attached hydrogens (tertiary/aromatic N) is 3. The van der Waals surface area contributed by atoms with Crippen LogP contribution in [-0.4, -0.2) is 14.5 Å². The van der Waals surface area contributed by atoms with Crippen LogP contribution in [0.25, 0.3) is 105 Å². The number of fused-ring (bicyclic) bond motifs is 7. The molecule has 0 aliphatic heterocycles. The lowest BCUT2D eigenvalue weighted by Crippen LogP contribution is -1.92. The molecule has 0 saturated carbocycles. The molecular formula is C50H31N3O. The molecular weight excluding hydrogens is 659 g/mol. The van der Waals surface area contributed by atoms with Crippen molar-refractivity contribution in [1.29, 1.82) is 0 Å². The first-order valence-electron chi connectivity index (χ1n) is 18.2. The zero-order valence-corrected chi connectivity index (χ0v) is 29.1. The normalized spacial score (nSPS) is 11.7. The van der Waals surface area contributed by atoms with Crippen molar-refractivity contribution in [2.45, 2.75) is 0 Å². The molecule has 0 aliphatic rings. The molecule has 0 N–H and O–H groups in total. The fourth-order valence-corrected chi connectivity index (χ4v) is 8.14. The molecule has 54 heavy (non-hydrogen) atoms. The number of hydrogen-bond donors (Lipinski definition) is 0. The molecule has 0 radical (unpaired) electrons. The van der Waals surface area contributed by atoms with Crippen LogP contribution in [0, 0.1) is 0 Å². The fraction of sp³-hybridized carbons (Fsp3) is 0. The van der Waals surface area contributed by atoms with Gasteiger partial charge in [-0.1, -0.05) is 115 Å². The molecule has 11 aromatic rings. The Labute approximate surface area is 311 Å². The molecule has 0 aliphatic carbocycles. The first-order valence-corrected chi connectivity index (χ1v) is 18.2. The Morgan fingerprint density at radius 3 is 1.91 bits per heavy atom. The van der Waals surface area contributed by atoms with Gasteiger partial charge in [-0.25, -0.2) is 9.97 Å². The maximum absolute atomic E-state index is 6.46. The Hall–Kier alpha value is -7.30. The van der Waals surface area contributed by atoms with Gasteiger partial charge in [0.2, 0.25) is 0 Å². The van der Waals surface area contributed by atoms with Crippen LogP contribution in [0.15, 0.2) is 193 Å². The average Bonchev–Trinajstić information content (AvgIpc) is 3.79. The van der Waals surface area contributed by atoms with E-state index in [-0.39, 0.29) is 0 Å². The van der Waals surface area contributed by atoms with E-state index in [2.05, 4.69) is 167 Å². The molecule has 252 valence electrons. The largest absolute Gasteiger partial charge is 0.456 e. The molecule has 7 aromatic carbocycles. The lowest BCUT2D eigenvalue weighted by atomic mass is 9.94. The highest BCUT2D eigenvalue weighted by molar-refractivity contribution is 6.14. The van der Waals surface area contributed by atoms with Gasteiger partial charge < -0.3 is 8.98 Å². The lowest BCUT2D eigenvalue weighted by Gasteiger charge is -2.11. The predicted octanol–water partition coefficient (Wildman–Crippen LogP) is 13.3. The second-order valence-corrected chi connectivity index (χ2v) is 13.8. The molecule has 11 rings (SSSR count). The monoisotopic (exact) mass is 689 g/mol. The number of aromatic nitrogens is 3. The van der Waals surface area contributed by atoms with E-state index in [1.54, 1.807) is 6.20 Å². The summed E-state index contributed by atoms with van der Waals surface area (Å²) >= 11 is 0. The van der Waals surface area contributed by atoms with E-state index in [1.165, 1.54) is 27.4 Å².